The molecule has 0 bridgehead atoms. The Kier molecular flexibility index (Phi) is 2.63. The molecule has 0 aliphatic carbocycles. The van der Waals surface area contributed by atoms with Crippen molar-refractivity contribution >= 4 is 11.3 Å². The first-order chi connectivity index (χ1) is 9.19. The van der Waals surface area contributed by atoms with Crippen molar-refractivity contribution in [3.8, 4) is 17.0 Å². The molecule has 0 aliphatic rings. The lowest BCUT2D eigenvalue weighted by atomic mass is 10.1. The number of ether oxygens (including phenoxy) is 1. The van der Waals surface area contributed by atoms with Crippen molar-refractivity contribution in [2.45, 2.75) is 6.92 Å². The second-order valence-corrected chi connectivity index (χ2v) is 4.52. The van der Waals surface area contributed by atoms with Crippen molar-refractivity contribution in [2.24, 2.45) is 0 Å². The van der Waals surface area contributed by atoms with Gasteiger partial charge in [0.15, 0.2) is 5.65 Å². The van der Waals surface area contributed by atoms with Gasteiger partial charge in [-0.15, -0.1) is 0 Å². The molecule has 19 heavy (non-hydrogen) atoms. The summed E-state index contributed by atoms with van der Waals surface area (Å²) in [4.78, 5) is 4.59. The minimum atomic E-state index is 0.667. The minimum absolute atomic E-state index is 0.667. The fraction of sp³-hybridized carbons (Fsp3) is 0.133. The van der Waals surface area contributed by atoms with Crippen molar-refractivity contribution in [1.29, 1.82) is 0 Å². The van der Waals surface area contributed by atoms with Gasteiger partial charge in [0.2, 0.25) is 0 Å². The summed E-state index contributed by atoms with van der Waals surface area (Å²) in [5.41, 5.74) is 10.4. The first-order valence-electron chi connectivity index (χ1n) is 6.07. The molecule has 0 amide bonds. The first-order valence-corrected chi connectivity index (χ1v) is 6.07. The minimum Gasteiger partial charge on any atom is -0.496 e. The monoisotopic (exact) mass is 253 g/mol. The normalized spacial score (nSPS) is 10.8. The van der Waals surface area contributed by atoms with Crippen molar-refractivity contribution in [3.63, 3.8) is 0 Å². The number of benzene rings is 1. The Morgan fingerprint density at radius 1 is 1.26 bits per heavy atom. The SMILES string of the molecule is COc1ccc(C)cc1-c1cn2cccc(N)c2n1. The third kappa shape index (κ3) is 1.91. The van der Waals surface area contributed by atoms with Gasteiger partial charge in [0.05, 0.1) is 18.5 Å². The van der Waals surface area contributed by atoms with Crippen LogP contribution < -0.4 is 10.5 Å². The van der Waals surface area contributed by atoms with E-state index in [1.165, 1.54) is 5.56 Å². The van der Waals surface area contributed by atoms with Crippen molar-refractivity contribution in [3.05, 3.63) is 48.3 Å². The van der Waals surface area contributed by atoms with Crippen LogP contribution in [0.3, 0.4) is 0 Å². The lowest BCUT2D eigenvalue weighted by molar-refractivity contribution is 0.416. The second-order valence-electron chi connectivity index (χ2n) is 4.52. The number of methoxy groups -OCH3 is 1. The van der Waals surface area contributed by atoms with Gasteiger partial charge in [-0.3, -0.25) is 0 Å². The van der Waals surface area contributed by atoms with E-state index >= 15 is 0 Å². The van der Waals surface area contributed by atoms with E-state index in [-0.39, 0.29) is 0 Å². The van der Waals surface area contributed by atoms with Crippen LogP contribution in [0, 0.1) is 6.92 Å². The number of aryl methyl sites for hydroxylation is 1. The number of hydrogen-bond acceptors (Lipinski definition) is 3. The molecule has 96 valence electrons. The lowest BCUT2D eigenvalue weighted by Gasteiger charge is -2.06. The van der Waals surface area contributed by atoms with Crippen LogP contribution in [0.1, 0.15) is 5.56 Å². The van der Waals surface area contributed by atoms with Crippen LogP contribution in [0.4, 0.5) is 5.69 Å². The third-order valence-electron chi connectivity index (χ3n) is 3.14. The highest BCUT2D eigenvalue weighted by molar-refractivity contribution is 5.74. The highest BCUT2D eigenvalue weighted by Crippen LogP contribution is 2.31. The maximum absolute atomic E-state index is 5.93. The Morgan fingerprint density at radius 3 is 2.84 bits per heavy atom. The summed E-state index contributed by atoms with van der Waals surface area (Å²) >= 11 is 0. The summed E-state index contributed by atoms with van der Waals surface area (Å²) in [6, 6.07) is 9.79. The molecule has 4 heteroatoms. The summed E-state index contributed by atoms with van der Waals surface area (Å²) in [6.07, 6.45) is 3.90. The number of hydrogen-bond donors (Lipinski definition) is 1. The Labute approximate surface area is 111 Å². The number of imidazole rings is 1. The van der Waals surface area contributed by atoms with Crippen LogP contribution in [0.5, 0.6) is 5.75 Å². The van der Waals surface area contributed by atoms with E-state index in [1.54, 1.807) is 7.11 Å². The summed E-state index contributed by atoms with van der Waals surface area (Å²) in [7, 11) is 1.67. The molecule has 0 radical (unpaired) electrons. The molecule has 0 aliphatic heterocycles. The number of rotatable bonds is 2. The first kappa shape index (κ1) is 11.6. The fourth-order valence-electron chi connectivity index (χ4n) is 2.19. The van der Waals surface area contributed by atoms with E-state index in [1.807, 2.05) is 48.0 Å². The van der Waals surface area contributed by atoms with Gasteiger partial charge in [0.25, 0.3) is 0 Å². The van der Waals surface area contributed by atoms with Crippen molar-refractivity contribution in [1.82, 2.24) is 9.38 Å². The molecule has 2 N–H and O–H groups in total. The fourth-order valence-corrected chi connectivity index (χ4v) is 2.19. The Hall–Kier alpha value is -2.49. The Bertz CT molecular complexity index is 746. The lowest BCUT2D eigenvalue weighted by Crippen LogP contribution is -1.90. The van der Waals surface area contributed by atoms with Crippen LogP contribution in [0.25, 0.3) is 16.9 Å². The van der Waals surface area contributed by atoms with Gasteiger partial charge in [-0.2, -0.15) is 0 Å². The molecule has 0 fully saturated rings. The molecular formula is C15H15N3O. The quantitative estimate of drug-likeness (QED) is 0.764. The number of nitrogen functional groups attached to an aromatic ring is 1. The smallest absolute Gasteiger partial charge is 0.160 e. The molecule has 3 aromatic rings. The van der Waals surface area contributed by atoms with E-state index in [2.05, 4.69) is 11.1 Å². The molecule has 0 unspecified atom stereocenters. The van der Waals surface area contributed by atoms with Crippen molar-refractivity contribution in [2.75, 3.05) is 12.8 Å². The van der Waals surface area contributed by atoms with Gasteiger partial charge in [-0.1, -0.05) is 11.6 Å². The van der Waals surface area contributed by atoms with E-state index in [0.29, 0.717) is 5.69 Å². The van der Waals surface area contributed by atoms with Crippen LogP contribution >= 0.6 is 0 Å². The summed E-state index contributed by atoms with van der Waals surface area (Å²) in [5.74, 6) is 0.813. The van der Waals surface area contributed by atoms with E-state index in [4.69, 9.17) is 10.5 Å². The Balaban J connectivity index is 2.24. The topological polar surface area (TPSA) is 52.5 Å². The molecule has 2 heterocycles. The van der Waals surface area contributed by atoms with Gasteiger partial charge in [0, 0.05) is 18.0 Å². The van der Waals surface area contributed by atoms with E-state index in [9.17, 15) is 0 Å². The zero-order valence-electron chi connectivity index (χ0n) is 10.9. The van der Waals surface area contributed by atoms with Gasteiger partial charge in [-0.25, -0.2) is 4.98 Å². The van der Waals surface area contributed by atoms with Gasteiger partial charge < -0.3 is 14.9 Å². The molecule has 4 nitrogen and oxygen atoms in total. The molecule has 0 saturated heterocycles. The third-order valence-corrected chi connectivity index (χ3v) is 3.14. The number of aromatic nitrogens is 2. The average Bonchev–Trinajstić information content (AvgIpc) is 2.84. The Morgan fingerprint density at radius 2 is 2.11 bits per heavy atom. The van der Waals surface area contributed by atoms with Gasteiger partial charge in [0.1, 0.15) is 5.75 Å². The van der Waals surface area contributed by atoms with Gasteiger partial charge >= 0.3 is 0 Å². The zero-order valence-corrected chi connectivity index (χ0v) is 10.9. The number of pyridine rings is 1. The zero-order chi connectivity index (χ0) is 13.4. The summed E-state index contributed by atoms with van der Waals surface area (Å²) in [5, 5.41) is 0. The molecule has 2 aromatic heterocycles. The molecule has 1 aromatic carbocycles. The number of fused-ring (bicyclic) bond motifs is 1. The highest BCUT2D eigenvalue weighted by atomic mass is 16.5. The van der Waals surface area contributed by atoms with Crippen LogP contribution in [0.15, 0.2) is 42.7 Å². The highest BCUT2D eigenvalue weighted by Gasteiger charge is 2.11. The largest absolute Gasteiger partial charge is 0.496 e. The van der Waals surface area contributed by atoms with Crippen molar-refractivity contribution < 1.29 is 4.74 Å². The van der Waals surface area contributed by atoms with Gasteiger partial charge in [-0.05, 0) is 31.2 Å². The summed E-state index contributed by atoms with van der Waals surface area (Å²) < 4.78 is 7.32. The van der Waals surface area contributed by atoms with E-state index < -0.39 is 0 Å². The maximum atomic E-state index is 5.93. The molecule has 0 spiro atoms. The number of nitrogens with zero attached hydrogens (tertiary/aromatic N) is 2. The molecule has 0 saturated carbocycles. The predicted octanol–water partition coefficient (Wildman–Crippen LogP) is 2.90. The van der Waals surface area contributed by atoms with Crippen LogP contribution in [-0.2, 0) is 0 Å². The average molecular weight is 253 g/mol. The van der Waals surface area contributed by atoms with Crippen LogP contribution in [0.2, 0.25) is 0 Å². The maximum Gasteiger partial charge on any atom is 0.160 e. The number of nitrogens with two attached hydrogens (primary N) is 1. The molecule has 0 atom stereocenters. The molecule has 3 rings (SSSR count). The number of anilines is 1. The predicted molar refractivity (Wildman–Crippen MR) is 76.3 cm³/mol. The van der Waals surface area contributed by atoms with Crippen LogP contribution in [-0.4, -0.2) is 16.5 Å². The second kappa shape index (κ2) is 4.31. The molecular weight excluding hydrogens is 238 g/mol. The standard InChI is InChI=1S/C15H15N3O/c1-10-5-6-14(19-2)11(8-10)13-9-18-7-3-4-12(16)15(18)17-13/h3-9H,16H2,1-2H3. The summed E-state index contributed by atoms with van der Waals surface area (Å²) in [6.45, 7) is 2.05. The van der Waals surface area contributed by atoms with E-state index in [0.717, 1.165) is 22.7 Å².